The van der Waals surface area contributed by atoms with E-state index in [-0.39, 0.29) is 18.4 Å². The number of hydrogen-bond donors (Lipinski definition) is 1. The van der Waals surface area contributed by atoms with Crippen LogP contribution in [-0.4, -0.2) is 51.3 Å². The minimum absolute atomic E-state index is 0.0968. The van der Waals surface area contributed by atoms with Crippen molar-refractivity contribution in [3.8, 4) is 28.3 Å². The molecule has 0 aliphatic carbocycles. The van der Waals surface area contributed by atoms with Crippen molar-refractivity contribution in [2.45, 2.75) is 58.8 Å². The molecule has 10 nitrogen and oxygen atoms in total. The number of carbonyl (C=O) groups excluding carboxylic acids is 1. The van der Waals surface area contributed by atoms with Crippen LogP contribution < -0.4 is 5.69 Å². The summed E-state index contributed by atoms with van der Waals surface area (Å²) in [5.74, 6) is -1.71. The van der Waals surface area contributed by atoms with Crippen LogP contribution in [0.3, 0.4) is 0 Å². The van der Waals surface area contributed by atoms with Crippen molar-refractivity contribution in [1.82, 2.24) is 39.3 Å². The number of nitrogens with one attached hydrogen (secondary N) is 1. The van der Waals surface area contributed by atoms with Gasteiger partial charge in [0.05, 0.1) is 12.1 Å². The summed E-state index contributed by atoms with van der Waals surface area (Å²) in [7, 11) is 0. The first kappa shape index (κ1) is 28.7. The van der Waals surface area contributed by atoms with Crippen molar-refractivity contribution in [2.75, 3.05) is 0 Å². The molecule has 0 fully saturated rings. The Morgan fingerprint density at radius 3 is 2.50 bits per heavy atom. The van der Waals surface area contributed by atoms with Gasteiger partial charge in [0.15, 0.2) is 0 Å². The maximum absolute atomic E-state index is 14.0. The Morgan fingerprint density at radius 2 is 1.83 bits per heavy atom. The van der Waals surface area contributed by atoms with Crippen LogP contribution >= 0.6 is 0 Å². The molecule has 4 aromatic heterocycles. The van der Waals surface area contributed by atoms with Crippen LogP contribution in [0.15, 0.2) is 66.0 Å². The Morgan fingerprint density at radius 1 is 1.07 bits per heavy atom. The first-order valence-corrected chi connectivity index (χ1v) is 13.5. The van der Waals surface area contributed by atoms with E-state index in [9.17, 15) is 22.8 Å². The number of pyridine rings is 1. The van der Waals surface area contributed by atoms with E-state index in [2.05, 4.69) is 25.6 Å². The highest BCUT2D eigenvalue weighted by Gasteiger charge is 2.42. The molecule has 0 bridgehead atoms. The summed E-state index contributed by atoms with van der Waals surface area (Å²) in [6.45, 7) is 5.65. The van der Waals surface area contributed by atoms with E-state index in [1.807, 2.05) is 37.3 Å². The lowest BCUT2D eigenvalue weighted by atomic mass is 9.96. The molecule has 4 heterocycles. The summed E-state index contributed by atoms with van der Waals surface area (Å²) in [6.07, 6.45) is 3.27. The average Bonchev–Trinajstić information content (AvgIpc) is 3.72. The van der Waals surface area contributed by atoms with Gasteiger partial charge in [-0.05, 0) is 60.7 Å². The third-order valence-electron chi connectivity index (χ3n) is 7.06. The highest BCUT2D eigenvalue weighted by molar-refractivity contribution is 6.03. The number of rotatable bonds is 10. The third-order valence-corrected chi connectivity index (χ3v) is 7.06. The second kappa shape index (κ2) is 11.6. The number of halogens is 3. The van der Waals surface area contributed by atoms with Crippen LogP contribution in [0.1, 0.15) is 61.3 Å². The van der Waals surface area contributed by atoms with Gasteiger partial charge in [-0.25, -0.2) is 4.79 Å². The Kier molecular flexibility index (Phi) is 7.92. The van der Waals surface area contributed by atoms with Gasteiger partial charge in [-0.3, -0.25) is 18.9 Å². The normalized spacial score (nSPS) is 11.9. The number of aromatic nitrogens is 8. The van der Waals surface area contributed by atoms with Crippen molar-refractivity contribution < 1.29 is 18.0 Å². The van der Waals surface area contributed by atoms with E-state index in [4.69, 9.17) is 0 Å². The van der Waals surface area contributed by atoms with Crippen molar-refractivity contribution in [2.24, 2.45) is 0 Å². The minimum atomic E-state index is -5.09. The molecule has 218 valence electrons. The predicted molar refractivity (Wildman–Crippen MR) is 149 cm³/mol. The summed E-state index contributed by atoms with van der Waals surface area (Å²) in [4.78, 5) is 30.7. The molecule has 0 unspecified atom stereocenters. The first-order valence-electron chi connectivity index (χ1n) is 13.5. The van der Waals surface area contributed by atoms with Gasteiger partial charge in [-0.2, -0.15) is 18.4 Å². The molecule has 13 heteroatoms. The maximum Gasteiger partial charge on any atom is 0.455 e. The number of hydrogen-bond acceptors (Lipinski definition) is 6. The zero-order valence-corrected chi connectivity index (χ0v) is 23.3. The molecule has 0 spiro atoms. The van der Waals surface area contributed by atoms with Crippen LogP contribution in [0.25, 0.3) is 28.3 Å². The number of alkyl halides is 3. The zero-order chi connectivity index (χ0) is 30.0. The highest BCUT2D eigenvalue weighted by Crippen LogP contribution is 2.33. The third kappa shape index (κ3) is 5.41. The molecule has 0 atom stereocenters. The van der Waals surface area contributed by atoms with Crippen molar-refractivity contribution in [1.29, 1.82) is 0 Å². The van der Waals surface area contributed by atoms with Crippen LogP contribution in [0.4, 0.5) is 13.2 Å². The number of H-pyrrole nitrogens is 1. The summed E-state index contributed by atoms with van der Waals surface area (Å²) < 4.78 is 44.8. The number of aromatic amines is 1. The lowest BCUT2D eigenvalue weighted by Crippen LogP contribution is -2.29. The van der Waals surface area contributed by atoms with Crippen LogP contribution in [-0.2, 0) is 13.0 Å². The van der Waals surface area contributed by atoms with Crippen molar-refractivity contribution >= 4 is 5.78 Å². The highest BCUT2D eigenvalue weighted by atomic mass is 19.4. The summed E-state index contributed by atoms with van der Waals surface area (Å²) in [5, 5.41) is 14.3. The van der Waals surface area contributed by atoms with E-state index in [1.165, 1.54) is 15.3 Å². The zero-order valence-electron chi connectivity index (χ0n) is 23.3. The van der Waals surface area contributed by atoms with Crippen molar-refractivity contribution in [3.05, 3.63) is 88.5 Å². The molecule has 1 aromatic carbocycles. The topological polar surface area (TPSA) is 116 Å². The van der Waals surface area contributed by atoms with Gasteiger partial charge in [0.2, 0.25) is 5.82 Å². The van der Waals surface area contributed by atoms with E-state index < -0.39 is 23.2 Å². The quantitative estimate of drug-likeness (QED) is 0.222. The molecular weight excluding hydrogens is 549 g/mol. The van der Waals surface area contributed by atoms with E-state index in [0.717, 1.165) is 40.2 Å². The van der Waals surface area contributed by atoms with E-state index in [0.29, 0.717) is 23.5 Å². The van der Waals surface area contributed by atoms with Crippen LogP contribution in [0.2, 0.25) is 0 Å². The number of imidazole rings is 1. The summed E-state index contributed by atoms with van der Waals surface area (Å²) in [6, 6.07) is 10.1. The van der Waals surface area contributed by atoms with Gasteiger partial charge in [0.25, 0.3) is 5.78 Å². The lowest BCUT2D eigenvalue weighted by Gasteiger charge is -2.15. The number of benzene rings is 1. The molecule has 0 amide bonds. The average molecular weight is 579 g/mol. The number of ketones is 1. The molecule has 0 radical (unpaired) electrons. The first-order chi connectivity index (χ1) is 20.1. The standard InChI is InChI=1S/C29H29F3N8O2/c1-4-5-8-20-17-40(27-24(25(41)29(30,31)32)12-14-38(27)18(2)3)28(42)39(20)16-19-15-33-13-11-21(19)22-9-6-7-10-23(22)26-34-36-37-35-26/h6-7,9-15,17-18H,4-5,8,16H2,1-3H3,(H,34,35,36,37). The largest absolute Gasteiger partial charge is 0.455 e. The molecule has 5 rings (SSSR count). The molecule has 1 N–H and O–H groups in total. The van der Waals surface area contributed by atoms with Gasteiger partial charge < -0.3 is 4.57 Å². The second-order valence-corrected chi connectivity index (χ2v) is 10.2. The molecule has 5 aromatic rings. The minimum Gasteiger partial charge on any atom is -0.331 e. The predicted octanol–water partition coefficient (Wildman–Crippen LogP) is 5.40. The van der Waals surface area contributed by atoms with Gasteiger partial charge in [-0.15, -0.1) is 10.2 Å². The van der Waals surface area contributed by atoms with Crippen LogP contribution in [0, 0.1) is 0 Å². The number of nitrogens with zero attached hydrogens (tertiary/aromatic N) is 7. The number of aryl methyl sites for hydroxylation is 1. The number of unbranched alkanes of at least 4 members (excludes halogenated alkanes) is 1. The summed E-state index contributed by atoms with van der Waals surface area (Å²) >= 11 is 0. The number of carbonyl (C=O) groups is 1. The maximum atomic E-state index is 14.0. The van der Waals surface area contributed by atoms with Gasteiger partial charge in [0, 0.05) is 42.1 Å². The number of Topliss-reactive ketones (excluding diaryl/α,β-unsaturated/α-hetero) is 1. The fourth-order valence-corrected chi connectivity index (χ4v) is 5.02. The fourth-order valence-electron chi connectivity index (χ4n) is 5.02. The van der Waals surface area contributed by atoms with Crippen molar-refractivity contribution in [3.63, 3.8) is 0 Å². The number of tetrazole rings is 1. The summed E-state index contributed by atoms with van der Waals surface area (Å²) in [5.41, 5.74) is 2.50. The molecule has 0 aliphatic heterocycles. The van der Waals surface area contributed by atoms with Gasteiger partial charge in [-0.1, -0.05) is 37.6 Å². The second-order valence-electron chi connectivity index (χ2n) is 10.2. The van der Waals surface area contributed by atoms with E-state index in [1.54, 1.807) is 32.4 Å². The molecule has 42 heavy (non-hydrogen) atoms. The SMILES string of the molecule is CCCCc1cn(-c2c(C(=O)C(F)(F)F)ccn2C(C)C)c(=O)n1Cc1cnccc1-c1ccccc1-c1nn[nH]n1. The molecular formula is C29H29F3N8O2. The fraction of sp³-hybridized carbons (Fsp3) is 0.310. The lowest BCUT2D eigenvalue weighted by molar-refractivity contribution is -0.0885. The Hall–Kier alpha value is -4.81. The monoisotopic (exact) mass is 578 g/mol. The Labute approximate surface area is 238 Å². The Balaban J connectivity index is 1.66. The van der Waals surface area contributed by atoms with Crippen LogP contribution in [0.5, 0.6) is 0 Å². The molecule has 0 aliphatic rings. The molecule has 0 saturated carbocycles. The molecule has 0 saturated heterocycles. The Bertz CT molecular complexity index is 1760. The van der Waals surface area contributed by atoms with Gasteiger partial charge >= 0.3 is 11.9 Å². The van der Waals surface area contributed by atoms with Gasteiger partial charge in [0.1, 0.15) is 5.82 Å². The smallest absolute Gasteiger partial charge is 0.331 e. The van der Waals surface area contributed by atoms with E-state index >= 15 is 0 Å².